The van der Waals surface area contributed by atoms with E-state index in [9.17, 15) is 14.0 Å². The van der Waals surface area contributed by atoms with Gasteiger partial charge in [-0.15, -0.1) is 0 Å². The molecule has 0 unspecified atom stereocenters. The maximum absolute atomic E-state index is 13.6. The van der Waals surface area contributed by atoms with Crippen molar-refractivity contribution in [3.63, 3.8) is 0 Å². The third kappa shape index (κ3) is 3.26. The molecule has 2 rings (SSSR count). The van der Waals surface area contributed by atoms with Crippen LogP contribution in [-0.2, 0) is 4.79 Å². The van der Waals surface area contributed by atoms with Crippen molar-refractivity contribution in [1.29, 1.82) is 0 Å². The molecule has 108 valence electrons. The number of nitrogens with two attached hydrogens (primary N) is 2. The van der Waals surface area contributed by atoms with Crippen LogP contribution in [0.4, 0.5) is 10.1 Å². The zero-order valence-electron chi connectivity index (χ0n) is 11.1. The molecule has 0 atom stereocenters. The minimum atomic E-state index is -0.595. The molecule has 1 aliphatic rings. The molecule has 1 aliphatic carbocycles. The number of amides is 2. The van der Waals surface area contributed by atoms with Crippen LogP contribution in [0.5, 0.6) is 0 Å². The van der Waals surface area contributed by atoms with Crippen molar-refractivity contribution >= 4 is 17.5 Å². The Labute approximate surface area is 116 Å². The smallest absolute Gasteiger partial charge is 0.254 e. The number of nitrogen functional groups attached to an aromatic ring is 1. The first-order valence-corrected chi connectivity index (χ1v) is 6.62. The maximum atomic E-state index is 13.6. The molecule has 20 heavy (non-hydrogen) atoms. The predicted octanol–water partition coefficient (Wildman–Crippen LogP) is 1.18. The Balaban J connectivity index is 1.96. The van der Waals surface area contributed by atoms with E-state index < -0.39 is 11.7 Å². The highest BCUT2D eigenvalue weighted by molar-refractivity contribution is 5.95. The number of carbonyl (C=O) groups is 2. The number of primary amides is 1. The summed E-state index contributed by atoms with van der Waals surface area (Å²) in [7, 11) is 0. The average Bonchev–Trinajstić information content (AvgIpc) is 2.42. The normalized spacial score (nSPS) is 22.2. The standard InChI is InChI=1S/C14H18FN3O2/c15-12-6-3-9(16)7-11(12)14(20)18-10-4-1-8(2-5-10)13(17)19/h3,6-8,10H,1-2,4-5,16H2,(H2,17,19)(H,18,20). The molecular weight excluding hydrogens is 261 g/mol. The summed E-state index contributed by atoms with van der Waals surface area (Å²) < 4.78 is 13.6. The fourth-order valence-corrected chi connectivity index (χ4v) is 2.50. The van der Waals surface area contributed by atoms with E-state index in [-0.39, 0.29) is 23.4 Å². The first-order chi connectivity index (χ1) is 9.47. The van der Waals surface area contributed by atoms with Gasteiger partial charge in [0.15, 0.2) is 0 Å². The van der Waals surface area contributed by atoms with Crippen LogP contribution in [0, 0.1) is 11.7 Å². The van der Waals surface area contributed by atoms with Gasteiger partial charge in [0.1, 0.15) is 5.82 Å². The first kappa shape index (κ1) is 14.3. The SMILES string of the molecule is NC(=O)C1CCC(NC(=O)c2cc(N)ccc2F)CC1. The molecule has 2 amide bonds. The van der Waals surface area contributed by atoms with Crippen LogP contribution < -0.4 is 16.8 Å². The van der Waals surface area contributed by atoms with Gasteiger partial charge in [0.2, 0.25) is 5.91 Å². The van der Waals surface area contributed by atoms with E-state index >= 15 is 0 Å². The number of hydrogen-bond donors (Lipinski definition) is 3. The lowest BCUT2D eigenvalue weighted by atomic mass is 9.85. The quantitative estimate of drug-likeness (QED) is 0.724. The van der Waals surface area contributed by atoms with Crippen LogP contribution in [0.1, 0.15) is 36.0 Å². The lowest BCUT2D eigenvalue weighted by Crippen LogP contribution is -2.40. The summed E-state index contributed by atoms with van der Waals surface area (Å²) in [6.45, 7) is 0. The van der Waals surface area contributed by atoms with E-state index in [1.54, 1.807) is 0 Å². The van der Waals surface area contributed by atoms with E-state index in [1.165, 1.54) is 18.2 Å². The average molecular weight is 279 g/mol. The molecule has 0 aliphatic heterocycles. The van der Waals surface area contributed by atoms with Crippen LogP contribution >= 0.6 is 0 Å². The Morgan fingerprint density at radius 1 is 1.20 bits per heavy atom. The number of carbonyl (C=O) groups excluding carboxylic acids is 2. The van der Waals surface area contributed by atoms with E-state index in [2.05, 4.69) is 5.32 Å². The molecule has 0 radical (unpaired) electrons. The zero-order valence-corrected chi connectivity index (χ0v) is 11.1. The van der Waals surface area contributed by atoms with Crippen molar-refractivity contribution in [2.45, 2.75) is 31.7 Å². The van der Waals surface area contributed by atoms with Crippen molar-refractivity contribution in [1.82, 2.24) is 5.32 Å². The molecular formula is C14H18FN3O2. The Kier molecular flexibility index (Phi) is 4.22. The molecule has 5 N–H and O–H groups in total. The van der Waals surface area contributed by atoms with Crippen LogP contribution in [0.2, 0.25) is 0 Å². The van der Waals surface area contributed by atoms with Crippen molar-refractivity contribution in [3.05, 3.63) is 29.6 Å². The number of anilines is 1. The summed E-state index contributed by atoms with van der Waals surface area (Å²) >= 11 is 0. The third-order valence-electron chi connectivity index (χ3n) is 3.70. The summed E-state index contributed by atoms with van der Waals surface area (Å²) in [4.78, 5) is 23.1. The number of nitrogens with one attached hydrogen (secondary N) is 1. The Hall–Kier alpha value is -2.11. The van der Waals surface area contributed by atoms with Crippen molar-refractivity contribution in [2.75, 3.05) is 5.73 Å². The number of rotatable bonds is 3. The fourth-order valence-electron chi connectivity index (χ4n) is 2.50. The van der Waals surface area contributed by atoms with Crippen molar-refractivity contribution in [2.24, 2.45) is 11.7 Å². The Morgan fingerprint density at radius 3 is 2.45 bits per heavy atom. The van der Waals surface area contributed by atoms with E-state index in [0.29, 0.717) is 31.4 Å². The molecule has 0 saturated heterocycles. The summed E-state index contributed by atoms with van der Waals surface area (Å²) in [5, 5.41) is 2.78. The molecule has 0 bridgehead atoms. The van der Waals surface area contributed by atoms with Crippen molar-refractivity contribution in [3.8, 4) is 0 Å². The number of benzene rings is 1. The van der Waals surface area contributed by atoms with Crippen LogP contribution in [0.15, 0.2) is 18.2 Å². The van der Waals surface area contributed by atoms with Gasteiger partial charge in [-0.25, -0.2) is 4.39 Å². The van der Waals surface area contributed by atoms with Crippen LogP contribution in [-0.4, -0.2) is 17.9 Å². The van der Waals surface area contributed by atoms with E-state index in [4.69, 9.17) is 11.5 Å². The lowest BCUT2D eigenvalue weighted by Gasteiger charge is -2.27. The second-order valence-corrected chi connectivity index (χ2v) is 5.16. The minimum Gasteiger partial charge on any atom is -0.399 e. The van der Waals surface area contributed by atoms with Gasteiger partial charge < -0.3 is 16.8 Å². The molecule has 1 aromatic carbocycles. The zero-order chi connectivity index (χ0) is 14.7. The highest BCUT2D eigenvalue weighted by Crippen LogP contribution is 2.24. The third-order valence-corrected chi connectivity index (χ3v) is 3.70. The van der Waals surface area contributed by atoms with E-state index in [0.717, 1.165) is 0 Å². The van der Waals surface area contributed by atoms with Crippen LogP contribution in [0.25, 0.3) is 0 Å². The maximum Gasteiger partial charge on any atom is 0.254 e. The Morgan fingerprint density at radius 2 is 1.85 bits per heavy atom. The van der Waals surface area contributed by atoms with Gasteiger partial charge in [0.25, 0.3) is 5.91 Å². The summed E-state index contributed by atoms with van der Waals surface area (Å²) in [5.74, 6) is -1.48. The lowest BCUT2D eigenvalue weighted by molar-refractivity contribution is -0.122. The van der Waals surface area contributed by atoms with Gasteiger partial charge in [-0.3, -0.25) is 9.59 Å². The van der Waals surface area contributed by atoms with Gasteiger partial charge >= 0.3 is 0 Å². The molecule has 0 heterocycles. The molecule has 1 saturated carbocycles. The van der Waals surface area contributed by atoms with Gasteiger partial charge in [-0.05, 0) is 43.9 Å². The monoisotopic (exact) mass is 279 g/mol. The summed E-state index contributed by atoms with van der Waals surface area (Å²) in [5.41, 5.74) is 11.1. The summed E-state index contributed by atoms with van der Waals surface area (Å²) in [6.07, 6.45) is 2.64. The first-order valence-electron chi connectivity index (χ1n) is 6.62. The number of hydrogen-bond acceptors (Lipinski definition) is 3. The van der Waals surface area contributed by atoms with Gasteiger partial charge in [-0.1, -0.05) is 0 Å². The van der Waals surface area contributed by atoms with Crippen molar-refractivity contribution < 1.29 is 14.0 Å². The fraction of sp³-hybridized carbons (Fsp3) is 0.429. The highest BCUT2D eigenvalue weighted by atomic mass is 19.1. The largest absolute Gasteiger partial charge is 0.399 e. The van der Waals surface area contributed by atoms with Gasteiger partial charge in [-0.2, -0.15) is 0 Å². The topological polar surface area (TPSA) is 98.2 Å². The molecule has 1 aromatic rings. The second kappa shape index (κ2) is 5.90. The number of halogens is 1. The van der Waals surface area contributed by atoms with Gasteiger partial charge in [0.05, 0.1) is 5.56 Å². The Bertz CT molecular complexity index is 525. The molecule has 5 nitrogen and oxygen atoms in total. The molecule has 0 aromatic heterocycles. The molecule has 1 fully saturated rings. The molecule has 6 heteroatoms. The minimum absolute atomic E-state index is 0.0537. The van der Waals surface area contributed by atoms with E-state index in [1.807, 2.05) is 0 Å². The highest BCUT2D eigenvalue weighted by Gasteiger charge is 2.26. The van der Waals surface area contributed by atoms with Crippen LogP contribution in [0.3, 0.4) is 0 Å². The molecule has 0 spiro atoms. The second-order valence-electron chi connectivity index (χ2n) is 5.16. The van der Waals surface area contributed by atoms with Gasteiger partial charge in [0, 0.05) is 17.6 Å². The predicted molar refractivity (Wildman–Crippen MR) is 73.2 cm³/mol. The summed E-state index contributed by atoms with van der Waals surface area (Å²) in [6, 6.07) is 3.84.